The highest BCUT2D eigenvalue weighted by Gasteiger charge is 2.05. The molecule has 0 heterocycles. The molecular formula is C12H18N4O2. The van der Waals surface area contributed by atoms with Gasteiger partial charge in [-0.3, -0.25) is 4.79 Å². The molecule has 6 nitrogen and oxygen atoms in total. The van der Waals surface area contributed by atoms with Crippen LogP contribution in [0, 0.1) is 0 Å². The van der Waals surface area contributed by atoms with Crippen molar-refractivity contribution < 1.29 is 9.59 Å². The lowest BCUT2D eigenvalue weighted by Crippen LogP contribution is -2.39. The summed E-state index contributed by atoms with van der Waals surface area (Å²) in [6, 6.07) is 6.47. The largest absolute Gasteiger partial charge is 0.399 e. The molecule has 1 rings (SSSR count). The van der Waals surface area contributed by atoms with Crippen LogP contribution in [0.2, 0.25) is 0 Å². The van der Waals surface area contributed by atoms with E-state index in [1.54, 1.807) is 38.4 Å². The first kappa shape index (κ1) is 13.8. The minimum Gasteiger partial charge on any atom is -0.399 e. The molecule has 0 bridgehead atoms. The summed E-state index contributed by atoms with van der Waals surface area (Å²) < 4.78 is 0. The zero-order chi connectivity index (χ0) is 13.5. The number of benzene rings is 1. The van der Waals surface area contributed by atoms with Gasteiger partial charge in [0.1, 0.15) is 0 Å². The molecule has 0 atom stereocenters. The summed E-state index contributed by atoms with van der Waals surface area (Å²) in [6.07, 6.45) is 0. The van der Waals surface area contributed by atoms with Crippen LogP contribution >= 0.6 is 0 Å². The van der Waals surface area contributed by atoms with E-state index in [4.69, 9.17) is 5.73 Å². The Morgan fingerprint density at radius 1 is 1.11 bits per heavy atom. The Morgan fingerprint density at radius 3 is 2.22 bits per heavy atom. The Bertz CT molecular complexity index is 415. The zero-order valence-corrected chi connectivity index (χ0v) is 10.6. The van der Waals surface area contributed by atoms with Crippen LogP contribution in [-0.4, -0.2) is 44.0 Å². The number of nitrogens with one attached hydrogen (secondary N) is 2. The van der Waals surface area contributed by atoms with Gasteiger partial charge in [0.05, 0.1) is 0 Å². The third-order valence-electron chi connectivity index (χ3n) is 2.27. The van der Waals surface area contributed by atoms with Crippen LogP contribution in [0.5, 0.6) is 0 Å². The molecule has 0 radical (unpaired) electrons. The van der Waals surface area contributed by atoms with Crippen molar-refractivity contribution in [3.63, 3.8) is 0 Å². The summed E-state index contributed by atoms with van der Waals surface area (Å²) in [5, 5.41) is 5.35. The zero-order valence-electron chi connectivity index (χ0n) is 10.6. The molecule has 0 aliphatic heterocycles. The maximum Gasteiger partial charge on any atom is 0.316 e. The van der Waals surface area contributed by atoms with Crippen molar-refractivity contribution in [1.29, 1.82) is 0 Å². The van der Waals surface area contributed by atoms with Gasteiger partial charge in [0.2, 0.25) is 0 Å². The minimum absolute atomic E-state index is 0.184. The van der Waals surface area contributed by atoms with Gasteiger partial charge in [0, 0.05) is 38.4 Å². The maximum absolute atomic E-state index is 11.7. The Kier molecular flexibility index (Phi) is 4.98. The van der Waals surface area contributed by atoms with Gasteiger partial charge in [0.25, 0.3) is 5.91 Å². The second kappa shape index (κ2) is 6.48. The molecule has 98 valence electrons. The van der Waals surface area contributed by atoms with E-state index in [1.807, 2.05) is 0 Å². The van der Waals surface area contributed by atoms with E-state index < -0.39 is 0 Å². The molecule has 1 aromatic carbocycles. The highest BCUT2D eigenvalue weighted by molar-refractivity contribution is 5.94. The van der Waals surface area contributed by atoms with Crippen LogP contribution in [-0.2, 0) is 0 Å². The number of nitrogens with zero attached hydrogens (tertiary/aromatic N) is 1. The fourth-order valence-electron chi connectivity index (χ4n) is 1.24. The van der Waals surface area contributed by atoms with Crippen molar-refractivity contribution in [2.45, 2.75) is 0 Å². The van der Waals surface area contributed by atoms with Crippen molar-refractivity contribution in [3.8, 4) is 0 Å². The van der Waals surface area contributed by atoms with Crippen LogP contribution in [0.4, 0.5) is 10.5 Å². The molecule has 0 aliphatic rings. The number of rotatable bonds is 4. The number of hydrogen-bond donors (Lipinski definition) is 3. The van der Waals surface area contributed by atoms with Gasteiger partial charge in [0.15, 0.2) is 0 Å². The highest BCUT2D eigenvalue weighted by atomic mass is 16.2. The third kappa shape index (κ3) is 4.32. The fourth-order valence-corrected chi connectivity index (χ4v) is 1.24. The second-order valence-electron chi connectivity index (χ2n) is 4.00. The highest BCUT2D eigenvalue weighted by Crippen LogP contribution is 2.04. The van der Waals surface area contributed by atoms with Crippen LogP contribution in [0.25, 0.3) is 0 Å². The van der Waals surface area contributed by atoms with E-state index in [9.17, 15) is 9.59 Å². The molecule has 0 saturated heterocycles. The quantitative estimate of drug-likeness (QED) is 0.529. The Balaban J connectivity index is 2.29. The molecule has 3 amide bonds. The van der Waals surface area contributed by atoms with E-state index in [-0.39, 0.29) is 11.9 Å². The van der Waals surface area contributed by atoms with Gasteiger partial charge >= 0.3 is 6.03 Å². The van der Waals surface area contributed by atoms with Crippen molar-refractivity contribution in [2.24, 2.45) is 0 Å². The summed E-state index contributed by atoms with van der Waals surface area (Å²) >= 11 is 0. The average Bonchev–Trinajstić information content (AvgIpc) is 2.34. The fraction of sp³-hybridized carbons (Fsp3) is 0.333. The number of nitrogens with two attached hydrogens (primary N) is 1. The first-order chi connectivity index (χ1) is 8.50. The van der Waals surface area contributed by atoms with Gasteiger partial charge in [-0.15, -0.1) is 0 Å². The second-order valence-corrected chi connectivity index (χ2v) is 4.00. The van der Waals surface area contributed by atoms with E-state index in [2.05, 4.69) is 10.6 Å². The SMILES string of the molecule is CN(C)C(=O)NCCNC(=O)c1ccc(N)cc1. The van der Waals surface area contributed by atoms with E-state index >= 15 is 0 Å². The van der Waals surface area contributed by atoms with Crippen molar-refractivity contribution in [2.75, 3.05) is 32.9 Å². The summed E-state index contributed by atoms with van der Waals surface area (Å²) in [5.41, 5.74) is 6.69. The Hall–Kier alpha value is -2.24. The number of nitrogen functional groups attached to an aromatic ring is 1. The lowest BCUT2D eigenvalue weighted by molar-refractivity contribution is 0.0953. The smallest absolute Gasteiger partial charge is 0.316 e. The predicted octanol–water partition coefficient (Wildman–Crippen LogP) is 0.270. The summed E-state index contributed by atoms with van der Waals surface area (Å²) in [5.74, 6) is -0.186. The van der Waals surface area contributed by atoms with E-state index in [0.717, 1.165) is 0 Å². The predicted molar refractivity (Wildman–Crippen MR) is 70.3 cm³/mol. The molecule has 6 heteroatoms. The van der Waals surface area contributed by atoms with E-state index in [1.165, 1.54) is 4.90 Å². The van der Waals surface area contributed by atoms with Crippen LogP contribution < -0.4 is 16.4 Å². The molecule has 0 aromatic heterocycles. The van der Waals surface area contributed by atoms with E-state index in [0.29, 0.717) is 24.3 Å². The third-order valence-corrected chi connectivity index (χ3v) is 2.27. The van der Waals surface area contributed by atoms with Crippen LogP contribution in [0.1, 0.15) is 10.4 Å². The molecule has 0 saturated carbocycles. The number of urea groups is 1. The number of carbonyl (C=O) groups excluding carboxylic acids is 2. The van der Waals surface area contributed by atoms with Gasteiger partial charge in [-0.05, 0) is 24.3 Å². The first-order valence-electron chi connectivity index (χ1n) is 5.59. The Morgan fingerprint density at radius 2 is 1.67 bits per heavy atom. The van der Waals surface area contributed by atoms with Crippen LogP contribution in [0.3, 0.4) is 0 Å². The average molecular weight is 250 g/mol. The van der Waals surface area contributed by atoms with Crippen molar-refractivity contribution in [3.05, 3.63) is 29.8 Å². The maximum atomic E-state index is 11.7. The number of carbonyl (C=O) groups is 2. The van der Waals surface area contributed by atoms with Crippen LogP contribution in [0.15, 0.2) is 24.3 Å². The number of anilines is 1. The minimum atomic E-state index is -0.186. The standard InChI is InChI=1S/C12H18N4O2/c1-16(2)12(18)15-8-7-14-11(17)9-3-5-10(13)6-4-9/h3-6H,7-8,13H2,1-2H3,(H,14,17)(H,15,18). The summed E-state index contributed by atoms with van der Waals surface area (Å²) in [4.78, 5) is 24.3. The molecule has 4 N–H and O–H groups in total. The summed E-state index contributed by atoms with van der Waals surface area (Å²) in [6.45, 7) is 0.764. The molecule has 1 aromatic rings. The Labute approximate surface area is 106 Å². The normalized spacial score (nSPS) is 9.67. The molecule has 0 fully saturated rings. The monoisotopic (exact) mass is 250 g/mol. The van der Waals surface area contributed by atoms with Gasteiger partial charge in [-0.1, -0.05) is 0 Å². The molecule has 0 unspecified atom stereocenters. The van der Waals surface area contributed by atoms with Crippen molar-refractivity contribution in [1.82, 2.24) is 15.5 Å². The molecule has 0 aliphatic carbocycles. The molecule has 18 heavy (non-hydrogen) atoms. The number of amides is 3. The summed E-state index contributed by atoms with van der Waals surface area (Å²) in [7, 11) is 3.31. The lowest BCUT2D eigenvalue weighted by Gasteiger charge is -2.12. The molecule has 0 spiro atoms. The van der Waals surface area contributed by atoms with Gasteiger partial charge in [-0.2, -0.15) is 0 Å². The van der Waals surface area contributed by atoms with Gasteiger partial charge in [-0.25, -0.2) is 4.79 Å². The molecular weight excluding hydrogens is 232 g/mol. The lowest BCUT2D eigenvalue weighted by atomic mass is 10.2. The van der Waals surface area contributed by atoms with Gasteiger partial charge < -0.3 is 21.3 Å². The number of hydrogen-bond acceptors (Lipinski definition) is 3. The van der Waals surface area contributed by atoms with Crippen molar-refractivity contribution >= 4 is 17.6 Å². The first-order valence-corrected chi connectivity index (χ1v) is 5.59. The topological polar surface area (TPSA) is 87.5 Å².